The lowest BCUT2D eigenvalue weighted by atomic mass is 10.0. The third-order valence-corrected chi connectivity index (χ3v) is 5.00. The zero-order chi connectivity index (χ0) is 19.4. The number of aryl methyl sites for hydroxylation is 1. The SMILES string of the molecule is Cc1ccc(OC(=O)N[C@H]2C[C@H]3C(=O)N[C@@H](CCCCN)C(=O)N3C2)cc1. The maximum absolute atomic E-state index is 12.6. The molecule has 3 rings (SSSR count). The molecule has 0 saturated carbocycles. The fourth-order valence-electron chi connectivity index (χ4n) is 3.56. The van der Waals surface area contributed by atoms with Crippen LogP contribution in [0.2, 0.25) is 0 Å². The first-order valence-electron chi connectivity index (χ1n) is 9.34. The van der Waals surface area contributed by atoms with Gasteiger partial charge in [0, 0.05) is 6.54 Å². The molecule has 8 nitrogen and oxygen atoms in total. The van der Waals surface area contributed by atoms with Crippen LogP contribution in [0.25, 0.3) is 0 Å². The minimum absolute atomic E-state index is 0.0900. The quantitative estimate of drug-likeness (QED) is 0.634. The molecule has 0 aliphatic carbocycles. The van der Waals surface area contributed by atoms with Gasteiger partial charge in [-0.3, -0.25) is 9.59 Å². The Morgan fingerprint density at radius 1 is 1.30 bits per heavy atom. The highest BCUT2D eigenvalue weighted by Crippen LogP contribution is 2.24. The van der Waals surface area contributed by atoms with Crippen LogP contribution in [0.4, 0.5) is 4.79 Å². The summed E-state index contributed by atoms with van der Waals surface area (Å²) in [6.07, 6.45) is 1.99. The molecule has 3 amide bonds. The van der Waals surface area contributed by atoms with Crippen molar-refractivity contribution in [2.45, 2.75) is 50.7 Å². The van der Waals surface area contributed by atoms with E-state index in [1.54, 1.807) is 17.0 Å². The summed E-state index contributed by atoms with van der Waals surface area (Å²) < 4.78 is 5.26. The Morgan fingerprint density at radius 3 is 2.74 bits per heavy atom. The summed E-state index contributed by atoms with van der Waals surface area (Å²) in [6.45, 7) is 2.83. The smallest absolute Gasteiger partial charge is 0.410 e. The van der Waals surface area contributed by atoms with Crippen LogP contribution in [0.3, 0.4) is 0 Å². The van der Waals surface area contributed by atoms with Crippen molar-refractivity contribution in [2.75, 3.05) is 13.1 Å². The number of carbonyl (C=O) groups is 3. The standard InChI is InChI=1S/C19H26N4O4/c1-12-5-7-14(8-6-12)27-19(26)21-13-10-16-17(24)22-15(4-2-3-9-20)18(25)23(16)11-13/h5-8,13,15-16H,2-4,9-11,20H2,1H3,(H,21,26)(H,22,24)/t13-,15-,16-/m0/s1. The Balaban J connectivity index is 1.55. The topological polar surface area (TPSA) is 114 Å². The Hall–Kier alpha value is -2.61. The van der Waals surface area contributed by atoms with Crippen LogP contribution >= 0.6 is 0 Å². The molecular weight excluding hydrogens is 348 g/mol. The van der Waals surface area contributed by atoms with Crippen molar-refractivity contribution in [2.24, 2.45) is 5.73 Å². The Labute approximate surface area is 158 Å². The number of unbranched alkanes of at least 4 members (excludes halogenated alkanes) is 1. The van der Waals surface area contributed by atoms with Crippen molar-refractivity contribution in [3.05, 3.63) is 29.8 Å². The number of piperazine rings is 1. The molecule has 146 valence electrons. The minimum Gasteiger partial charge on any atom is -0.410 e. The lowest BCUT2D eigenvalue weighted by molar-refractivity contribution is -0.147. The number of rotatable bonds is 6. The van der Waals surface area contributed by atoms with Crippen molar-refractivity contribution in [1.29, 1.82) is 0 Å². The minimum atomic E-state index is -0.587. The van der Waals surface area contributed by atoms with E-state index in [4.69, 9.17) is 10.5 Å². The van der Waals surface area contributed by atoms with E-state index in [0.29, 0.717) is 31.7 Å². The summed E-state index contributed by atoms with van der Waals surface area (Å²) in [7, 11) is 0. The van der Waals surface area contributed by atoms with E-state index in [1.165, 1.54) is 0 Å². The second kappa shape index (κ2) is 8.39. The molecule has 8 heteroatoms. The Morgan fingerprint density at radius 2 is 2.04 bits per heavy atom. The van der Waals surface area contributed by atoms with Crippen LogP contribution in [0.5, 0.6) is 5.75 Å². The van der Waals surface area contributed by atoms with Gasteiger partial charge < -0.3 is 26.0 Å². The van der Waals surface area contributed by atoms with Crippen LogP contribution in [-0.2, 0) is 9.59 Å². The number of benzene rings is 1. The molecule has 0 radical (unpaired) electrons. The number of amides is 3. The summed E-state index contributed by atoms with van der Waals surface area (Å²) in [5, 5.41) is 5.56. The molecule has 2 aliphatic rings. The van der Waals surface area contributed by atoms with Gasteiger partial charge >= 0.3 is 6.09 Å². The maximum Gasteiger partial charge on any atom is 0.412 e. The van der Waals surface area contributed by atoms with Crippen LogP contribution in [0.15, 0.2) is 24.3 Å². The zero-order valence-electron chi connectivity index (χ0n) is 15.4. The Bertz CT molecular complexity index is 706. The lowest BCUT2D eigenvalue weighted by Crippen LogP contribution is -2.61. The van der Waals surface area contributed by atoms with Gasteiger partial charge in [0.05, 0.1) is 6.04 Å². The van der Waals surface area contributed by atoms with Crippen LogP contribution in [0, 0.1) is 6.92 Å². The van der Waals surface area contributed by atoms with E-state index in [2.05, 4.69) is 10.6 Å². The van der Waals surface area contributed by atoms with Crippen LogP contribution in [-0.4, -0.2) is 54.0 Å². The highest BCUT2D eigenvalue weighted by Gasteiger charge is 2.46. The molecular formula is C19H26N4O4. The normalized spacial score (nSPS) is 24.4. The van der Waals surface area contributed by atoms with Crippen molar-refractivity contribution >= 4 is 17.9 Å². The van der Waals surface area contributed by atoms with Crippen molar-refractivity contribution < 1.29 is 19.1 Å². The summed E-state index contributed by atoms with van der Waals surface area (Å²) >= 11 is 0. The van der Waals surface area contributed by atoms with Gasteiger partial charge in [-0.1, -0.05) is 17.7 Å². The van der Waals surface area contributed by atoms with Crippen molar-refractivity contribution in [3.8, 4) is 5.75 Å². The molecule has 0 spiro atoms. The van der Waals surface area contributed by atoms with E-state index < -0.39 is 18.2 Å². The van der Waals surface area contributed by atoms with Gasteiger partial charge in [-0.05, 0) is 51.3 Å². The highest BCUT2D eigenvalue weighted by atomic mass is 16.6. The third kappa shape index (κ3) is 4.57. The third-order valence-electron chi connectivity index (χ3n) is 5.00. The maximum atomic E-state index is 12.6. The number of ether oxygens (including phenoxy) is 1. The molecule has 0 aromatic heterocycles. The molecule has 27 heavy (non-hydrogen) atoms. The van der Waals surface area contributed by atoms with Crippen molar-refractivity contribution in [3.63, 3.8) is 0 Å². The van der Waals surface area contributed by atoms with E-state index in [1.807, 2.05) is 19.1 Å². The Kier molecular flexibility index (Phi) is 5.95. The molecule has 1 aromatic rings. The number of nitrogens with zero attached hydrogens (tertiary/aromatic N) is 1. The summed E-state index contributed by atoms with van der Waals surface area (Å²) in [6, 6.07) is 5.79. The first kappa shape index (κ1) is 19.2. The monoisotopic (exact) mass is 374 g/mol. The molecule has 2 aliphatic heterocycles. The summed E-state index contributed by atoms with van der Waals surface area (Å²) in [4.78, 5) is 38.7. The predicted octanol–water partition coefficient (Wildman–Crippen LogP) is 0.680. The fourth-order valence-corrected chi connectivity index (χ4v) is 3.56. The molecule has 1 aromatic carbocycles. The molecule has 4 N–H and O–H groups in total. The summed E-state index contributed by atoms with van der Waals surface area (Å²) in [5.74, 6) is 0.194. The van der Waals surface area contributed by atoms with Crippen LogP contribution < -0.4 is 21.1 Å². The van der Waals surface area contributed by atoms with E-state index in [0.717, 1.165) is 18.4 Å². The zero-order valence-corrected chi connectivity index (χ0v) is 15.4. The van der Waals surface area contributed by atoms with Crippen LogP contribution in [0.1, 0.15) is 31.2 Å². The van der Waals surface area contributed by atoms with E-state index in [-0.39, 0.29) is 17.9 Å². The molecule has 2 saturated heterocycles. The van der Waals surface area contributed by atoms with Gasteiger partial charge in [0.15, 0.2) is 0 Å². The fraction of sp³-hybridized carbons (Fsp3) is 0.526. The highest BCUT2D eigenvalue weighted by molar-refractivity contribution is 5.97. The van der Waals surface area contributed by atoms with Gasteiger partial charge in [0.1, 0.15) is 17.8 Å². The number of nitrogens with one attached hydrogen (secondary N) is 2. The average molecular weight is 374 g/mol. The molecule has 0 unspecified atom stereocenters. The number of nitrogens with two attached hydrogens (primary N) is 1. The van der Waals surface area contributed by atoms with Gasteiger partial charge in [-0.2, -0.15) is 0 Å². The molecule has 2 fully saturated rings. The summed E-state index contributed by atoms with van der Waals surface area (Å²) in [5.41, 5.74) is 6.55. The molecule has 2 heterocycles. The number of hydrogen-bond acceptors (Lipinski definition) is 5. The first-order valence-corrected chi connectivity index (χ1v) is 9.34. The van der Waals surface area contributed by atoms with Gasteiger partial charge in [0.25, 0.3) is 0 Å². The van der Waals surface area contributed by atoms with Gasteiger partial charge in [0.2, 0.25) is 11.8 Å². The van der Waals surface area contributed by atoms with Gasteiger partial charge in [-0.25, -0.2) is 4.79 Å². The second-order valence-corrected chi connectivity index (χ2v) is 7.13. The number of fused-ring (bicyclic) bond motifs is 1. The largest absolute Gasteiger partial charge is 0.412 e. The number of carbonyl (C=O) groups excluding carboxylic acids is 3. The lowest BCUT2D eigenvalue weighted by Gasteiger charge is -2.34. The first-order chi connectivity index (χ1) is 13.0. The second-order valence-electron chi connectivity index (χ2n) is 7.13. The molecule has 0 bridgehead atoms. The number of hydrogen-bond donors (Lipinski definition) is 3. The van der Waals surface area contributed by atoms with E-state index in [9.17, 15) is 14.4 Å². The average Bonchev–Trinajstić information content (AvgIpc) is 3.06. The van der Waals surface area contributed by atoms with Gasteiger partial charge in [-0.15, -0.1) is 0 Å². The van der Waals surface area contributed by atoms with E-state index >= 15 is 0 Å². The molecule has 3 atom stereocenters. The van der Waals surface area contributed by atoms with Crippen molar-refractivity contribution in [1.82, 2.24) is 15.5 Å². The predicted molar refractivity (Wildman–Crippen MR) is 99.1 cm³/mol.